The van der Waals surface area contributed by atoms with Crippen LogP contribution in [-0.2, 0) is 6.42 Å². The van der Waals surface area contributed by atoms with Crippen LogP contribution in [0.25, 0.3) is 11.0 Å². The first-order valence-corrected chi connectivity index (χ1v) is 4.65. The van der Waals surface area contributed by atoms with Crippen molar-refractivity contribution in [3.63, 3.8) is 0 Å². The number of imidazole rings is 1. The van der Waals surface area contributed by atoms with Crippen LogP contribution in [0.4, 0.5) is 17.6 Å². The Balaban J connectivity index is 2.20. The SMILES string of the molecule is Fc1ccc2nc(CCC(F)(F)F)[nH]c2c1. The van der Waals surface area contributed by atoms with Gasteiger partial charge in [-0.2, -0.15) is 13.2 Å². The predicted molar refractivity (Wildman–Crippen MR) is 50.4 cm³/mol. The largest absolute Gasteiger partial charge is 0.389 e. The molecule has 2 nitrogen and oxygen atoms in total. The van der Waals surface area contributed by atoms with Crippen LogP contribution in [0.2, 0.25) is 0 Å². The number of benzene rings is 1. The minimum atomic E-state index is -4.20. The number of rotatable bonds is 2. The van der Waals surface area contributed by atoms with E-state index in [1.165, 1.54) is 18.2 Å². The second kappa shape index (κ2) is 3.77. The molecular formula is C10H8F4N2. The van der Waals surface area contributed by atoms with Gasteiger partial charge in [-0.1, -0.05) is 0 Å². The Kier molecular flexibility index (Phi) is 2.57. The molecule has 0 spiro atoms. The van der Waals surface area contributed by atoms with Crippen LogP contribution >= 0.6 is 0 Å². The van der Waals surface area contributed by atoms with Crippen LogP contribution < -0.4 is 0 Å². The number of aryl methyl sites for hydroxylation is 1. The first-order chi connectivity index (χ1) is 7.44. The van der Waals surface area contributed by atoms with Gasteiger partial charge in [0.1, 0.15) is 11.6 Å². The van der Waals surface area contributed by atoms with Gasteiger partial charge in [0, 0.05) is 6.42 Å². The van der Waals surface area contributed by atoms with Crippen molar-refractivity contribution in [2.24, 2.45) is 0 Å². The van der Waals surface area contributed by atoms with E-state index in [1.807, 2.05) is 0 Å². The summed E-state index contributed by atoms with van der Waals surface area (Å²) in [6.07, 6.45) is -5.36. The number of nitrogens with one attached hydrogen (secondary N) is 1. The Morgan fingerprint density at radius 1 is 1.25 bits per heavy atom. The Labute approximate surface area is 88.3 Å². The molecule has 1 heterocycles. The summed E-state index contributed by atoms with van der Waals surface area (Å²) >= 11 is 0. The molecule has 0 unspecified atom stereocenters. The van der Waals surface area contributed by atoms with Crippen molar-refractivity contribution in [1.29, 1.82) is 0 Å². The zero-order valence-corrected chi connectivity index (χ0v) is 8.11. The van der Waals surface area contributed by atoms with Crippen LogP contribution in [0.1, 0.15) is 12.2 Å². The number of alkyl halides is 3. The molecule has 0 amide bonds. The first kappa shape index (κ1) is 10.9. The summed E-state index contributed by atoms with van der Waals surface area (Å²) in [5.41, 5.74) is 0.885. The lowest BCUT2D eigenvalue weighted by Crippen LogP contribution is -2.09. The normalized spacial score (nSPS) is 12.2. The lowest BCUT2D eigenvalue weighted by atomic mass is 10.3. The van der Waals surface area contributed by atoms with E-state index >= 15 is 0 Å². The molecule has 1 aromatic carbocycles. The molecule has 0 fully saturated rings. The van der Waals surface area contributed by atoms with Gasteiger partial charge in [0.15, 0.2) is 0 Å². The summed E-state index contributed by atoms with van der Waals surface area (Å²) in [5.74, 6) is -0.226. The highest BCUT2D eigenvalue weighted by Crippen LogP contribution is 2.22. The van der Waals surface area contributed by atoms with Crippen molar-refractivity contribution in [3.8, 4) is 0 Å². The molecule has 1 N–H and O–H groups in total. The first-order valence-electron chi connectivity index (χ1n) is 4.65. The monoisotopic (exact) mass is 232 g/mol. The topological polar surface area (TPSA) is 28.7 Å². The highest BCUT2D eigenvalue weighted by atomic mass is 19.4. The molecule has 0 saturated heterocycles. The summed E-state index contributed by atoms with van der Waals surface area (Å²) in [7, 11) is 0. The summed E-state index contributed by atoms with van der Waals surface area (Å²) in [5, 5.41) is 0. The fraction of sp³-hybridized carbons (Fsp3) is 0.300. The van der Waals surface area contributed by atoms with Gasteiger partial charge in [-0.05, 0) is 18.2 Å². The lowest BCUT2D eigenvalue weighted by Gasteiger charge is -2.02. The highest BCUT2D eigenvalue weighted by molar-refractivity contribution is 5.74. The van der Waals surface area contributed by atoms with Crippen molar-refractivity contribution in [2.45, 2.75) is 19.0 Å². The van der Waals surface area contributed by atoms with E-state index < -0.39 is 18.4 Å². The van der Waals surface area contributed by atoms with E-state index in [0.29, 0.717) is 11.0 Å². The molecule has 1 aromatic heterocycles. The third-order valence-corrected chi connectivity index (χ3v) is 2.14. The molecule has 0 atom stereocenters. The van der Waals surface area contributed by atoms with Gasteiger partial charge in [0.2, 0.25) is 0 Å². The molecule has 2 rings (SSSR count). The van der Waals surface area contributed by atoms with Crippen LogP contribution in [0.15, 0.2) is 18.2 Å². The Bertz CT molecular complexity index is 501. The van der Waals surface area contributed by atoms with Gasteiger partial charge in [-0.15, -0.1) is 0 Å². The molecule has 0 aliphatic heterocycles. The van der Waals surface area contributed by atoms with Crippen LogP contribution in [0, 0.1) is 5.82 Å². The van der Waals surface area contributed by atoms with Crippen molar-refractivity contribution in [3.05, 3.63) is 29.8 Å². The molecular weight excluding hydrogens is 224 g/mol. The second-order valence-electron chi connectivity index (χ2n) is 3.46. The molecule has 0 bridgehead atoms. The number of nitrogens with zero attached hydrogens (tertiary/aromatic N) is 1. The number of hydrogen-bond acceptors (Lipinski definition) is 1. The van der Waals surface area contributed by atoms with Gasteiger partial charge in [0.05, 0.1) is 17.5 Å². The van der Waals surface area contributed by atoms with Gasteiger partial charge in [-0.25, -0.2) is 9.37 Å². The van der Waals surface area contributed by atoms with Crippen molar-refractivity contribution in [2.75, 3.05) is 0 Å². The molecule has 6 heteroatoms. The minimum absolute atomic E-state index is 0.220. The molecule has 0 aliphatic carbocycles. The van der Waals surface area contributed by atoms with Crippen LogP contribution in [-0.4, -0.2) is 16.1 Å². The number of aromatic nitrogens is 2. The van der Waals surface area contributed by atoms with Gasteiger partial charge in [0.25, 0.3) is 0 Å². The van der Waals surface area contributed by atoms with E-state index in [9.17, 15) is 17.6 Å². The fourth-order valence-corrected chi connectivity index (χ4v) is 1.41. The molecule has 2 aromatic rings. The Morgan fingerprint density at radius 3 is 2.69 bits per heavy atom. The molecule has 0 aliphatic rings. The van der Waals surface area contributed by atoms with Crippen molar-refractivity contribution >= 4 is 11.0 Å². The van der Waals surface area contributed by atoms with Crippen molar-refractivity contribution in [1.82, 2.24) is 9.97 Å². The van der Waals surface area contributed by atoms with E-state index in [4.69, 9.17) is 0 Å². The third-order valence-electron chi connectivity index (χ3n) is 2.14. The standard InChI is InChI=1S/C10H8F4N2/c11-6-1-2-7-8(5-6)16-9(15-7)3-4-10(12,13)14/h1-2,5H,3-4H2,(H,15,16). The summed E-state index contributed by atoms with van der Waals surface area (Å²) in [6, 6.07) is 3.86. The van der Waals surface area contributed by atoms with E-state index in [1.54, 1.807) is 0 Å². The zero-order chi connectivity index (χ0) is 11.8. The van der Waals surface area contributed by atoms with Crippen LogP contribution in [0.3, 0.4) is 0 Å². The van der Waals surface area contributed by atoms with Gasteiger partial charge in [-0.3, -0.25) is 0 Å². The minimum Gasteiger partial charge on any atom is -0.342 e. The van der Waals surface area contributed by atoms with E-state index in [-0.39, 0.29) is 12.2 Å². The number of halogens is 4. The molecule has 16 heavy (non-hydrogen) atoms. The number of aromatic amines is 1. The summed E-state index contributed by atoms with van der Waals surface area (Å²) < 4.78 is 48.7. The van der Waals surface area contributed by atoms with Gasteiger partial charge >= 0.3 is 6.18 Å². The Morgan fingerprint density at radius 2 is 2.00 bits per heavy atom. The average Bonchev–Trinajstić information content (AvgIpc) is 2.55. The van der Waals surface area contributed by atoms with E-state index in [2.05, 4.69) is 9.97 Å². The highest BCUT2D eigenvalue weighted by Gasteiger charge is 2.27. The smallest absolute Gasteiger partial charge is 0.342 e. The maximum absolute atomic E-state index is 12.8. The predicted octanol–water partition coefficient (Wildman–Crippen LogP) is 3.20. The maximum Gasteiger partial charge on any atom is 0.389 e. The Hall–Kier alpha value is -1.59. The molecule has 86 valence electrons. The van der Waals surface area contributed by atoms with Crippen LogP contribution in [0.5, 0.6) is 0 Å². The second-order valence-corrected chi connectivity index (χ2v) is 3.46. The maximum atomic E-state index is 12.8. The van der Waals surface area contributed by atoms with E-state index in [0.717, 1.165) is 0 Å². The quantitative estimate of drug-likeness (QED) is 0.791. The molecule has 0 saturated carbocycles. The summed E-state index contributed by atoms with van der Waals surface area (Å²) in [4.78, 5) is 6.59. The number of H-pyrrole nitrogens is 1. The third kappa shape index (κ3) is 2.50. The van der Waals surface area contributed by atoms with Gasteiger partial charge < -0.3 is 4.98 Å². The summed E-state index contributed by atoms with van der Waals surface area (Å²) in [6.45, 7) is 0. The number of hydrogen-bond donors (Lipinski definition) is 1. The molecule has 0 radical (unpaired) electrons. The zero-order valence-electron chi connectivity index (χ0n) is 8.11. The van der Waals surface area contributed by atoms with Crippen molar-refractivity contribution < 1.29 is 17.6 Å². The lowest BCUT2D eigenvalue weighted by molar-refractivity contribution is -0.134. The average molecular weight is 232 g/mol. The number of fused-ring (bicyclic) bond motifs is 1. The fourth-order valence-electron chi connectivity index (χ4n) is 1.41.